The van der Waals surface area contributed by atoms with E-state index in [4.69, 9.17) is 4.74 Å². The van der Waals surface area contributed by atoms with E-state index in [1.807, 2.05) is 0 Å². The van der Waals surface area contributed by atoms with E-state index < -0.39 is 18.7 Å². The van der Waals surface area contributed by atoms with E-state index in [2.05, 4.69) is 5.32 Å². The minimum absolute atomic E-state index is 0.170. The lowest BCUT2D eigenvalue weighted by Crippen LogP contribution is -2.42. The number of esters is 1. The molecule has 0 aliphatic carbocycles. The number of benzene rings is 1. The highest BCUT2D eigenvalue weighted by molar-refractivity contribution is 6.04. The molecule has 1 aromatic heterocycles. The Morgan fingerprint density at radius 2 is 1.88 bits per heavy atom. The van der Waals surface area contributed by atoms with Crippen molar-refractivity contribution in [3.8, 4) is 0 Å². The van der Waals surface area contributed by atoms with Crippen molar-refractivity contribution in [2.45, 2.75) is 56.6 Å². The minimum atomic E-state index is -4.35. The van der Waals surface area contributed by atoms with Crippen LogP contribution in [0.3, 0.4) is 0 Å². The van der Waals surface area contributed by atoms with E-state index in [0.29, 0.717) is 23.0 Å². The van der Waals surface area contributed by atoms with Crippen LogP contribution in [-0.4, -0.2) is 34.9 Å². The number of carbonyl (C=O) groups excluding carboxylic acids is 1. The first-order chi connectivity index (χ1) is 11.9. The molecule has 1 N–H and O–H groups in total. The van der Waals surface area contributed by atoms with Crippen molar-refractivity contribution in [1.82, 2.24) is 9.88 Å². The minimum Gasteiger partial charge on any atom is -0.459 e. The van der Waals surface area contributed by atoms with Crippen LogP contribution in [0.2, 0.25) is 0 Å². The number of fused-ring (bicyclic) bond motifs is 3. The summed E-state index contributed by atoms with van der Waals surface area (Å²) in [4.78, 5) is 12.6. The number of rotatable bonds is 3. The van der Waals surface area contributed by atoms with E-state index in [-0.39, 0.29) is 11.7 Å². The van der Waals surface area contributed by atoms with Crippen LogP contribution in [-0.2, 0) is 11.3 Å². The lowest BCUT2D eigenvalue weighted by atomic mass is 10.0. The zero-order chi connectivity index (χ0) is 17.6. The van der Waals surface area contributed by atoms with Gasteiger partial charge in [-0.2, -0.15) is 13.2 Å². The van der Waals surface area contributed by atoms with Gasteiger partial charge in [0.05, 0.1) is 5.56 Å². The summed E-state index contributed by atoms with van der Waals surface area (Å²) in [6, 6.07) is 7.37. The van der Waals surface area contributed by atoms with Crippen molar-refractivity contribution in [3.05, 3.63) is 36.0 Å². The molecule has 7 heteroatoms. The molecule has 25 heavy (non-hydrogen) atoms. The standard InChI is InChI=1S/C18H19F3N2O2/c19-18(20,21)10-23-9-15(14-3-1-2-4-16(14)23)17(24)25-13-7-11-5-6-12(8-13)22-11/h1-4,9,11-13,22H,5-8,10H2/t11-,12+,13-. The van der Waals surface area contributed by atoms with Crippen molar-refractivity contribution < 1.29 is 22.7 Å². The molecule has 0 radical (unpaired) electrons. The molecule has 4 nitrogen and oxygen atoms in total. The van der Waals surface area contributed by atoms with E-state index in [0.717, 1.165) is 30.3 Å². The molecular formula is C18H19F3N2O2. The Kier molecular flexibility index (Phi) is 3.98. The van der Waals surface area contributed by atoms with Gasteiger partial charge >= 0.3 is 12.1 Å². The molecule has 0 saturated carbocycles. The van der Waals surface area contributed by atoms with Crippen LogP contribution in [0.4, 0.5) is 13.2 Å². The quantitative estimate of drug-likeness (QED) is 0.858. The van der Waals surface area contributed by atoms with Gasteiger partial charge in [0, 0.05) is 29.2 Å². The maximum absolute atomic E-state index is 12.8. The molecule has 2 aliphatic rings. The summed E-state index contributed by atoms with van der Waals surface area (Å²) in [6.07, 6.45) is 0.448. The number of piperidine rings is 1. The van der Waals surface area contributed by atoms with Gasteiger partial charge in [0.2, 0.25) is 0 Å². The van der Waals surface area contributed by atoms with Crippen LogP contribution in [0.15, 0.2) is 30.5 Å². The van der Waals surface area contributed by atoms with Crippen LogP contribution in [0, 0.1) is 0 Å². The SMILES string of the molecule is O=C(O[C@@H]1C[C@H]2CC[C@@H](C1)N2)c1cn(CC(F)(F)F)c2ccccc12. The number of ether oxygens (including phenoxy) is 1. The summed E-state index contributed by atoms with van der Waals surface area (Å²) in [5, 5.41) is 3.97. The van der Waals surface area contributed by atoms with Crippen molar-refractivity contribution in [1.29, 1.82) is 0 Å². The van der Waals surface area contributed by atoms with Crippen LogP contribution in [0.5, 0.6) is 0 Å². The first-order valence-electron chi connectivity index (χ1n) is 8.51. The van der Waals surface area contributed by atoms with Gasteiger partial charge in [0.1, 0.15) is 12.6 Å². The van der Waals surface area contributed by atoms with Crippen LogP contribution in [0.1, 0.15) is 36.0 Å². The fourth-order valence-electron chi connectivity index (χ4n) is 4.05. The van der Waals surface area contributed by atoms with E-state index in [1.165, 1.54) is 6.20 Å². The summed E-state index contributed by atoms with van der Waals surface area (Å²) in [7, 11) is 0. The second-order valence-electron chi connectivity index (χ2n) is 6.94. The topological polar surface area (TPSA) is 43.3 Å². The van der Waals surface area contributed by atoms with Crippen LogP contribution in [0.25, 0.3) is 10.9 Å². The highest BCUT2D eigenvalue weighted by Gasteiger charge is 2.36. The zero-order valence-electron chi connectivity index (χ0n) is 13.6. The number of halogens is 3. The summed E-state index contributed by atoms with van der Waals surface area (Å²) in [6.45, 7) is -1.13. The molecule has 1 aromatic carbocycles. The number of nitrogens with one attached hydrogen (secondary N) is 1. The Balaban J connectivity index is 1.59. The molecule has 2 fully saturated rings. The number of hydrogen-bond acceptors (Lipinski definition) is 3. The van der Waals surface area contributed by atoms with Gasteiger partial charge in [-0.25, -0.2) is 4.79 Å². The van der Waals surface area contributed by atoms with Crippen LogP contribution < -0.4 is 5.32 Å². The van der Waals surface area contributed by atoms with Gasteiger partial charge in [-0.05, 0) is 31.7 Å². The Morgan fingerprint density at radius 3 is 2.56 bits per heavy atom. The molecule has 2 bridgehead atoms. The maximum atomic E-state index is 12.8. The maximum Gasteiger partial charge on any atom is 0.406 e. The lowest BCUT2D eigenvalue weighted by Gasteiger charge is -2.28. The Bertz CT molecular complexity index is 787. The molecule has 2 aliphatic heterocycles. The van der Waals surface area contributed by atoms with Gasteiger partial charge < -0.3 is 14.6 Å². The summed E-state index contributed by atoms with van der Waals surface area (Å²) < 4.78 is 45.1. The predicted molar refractivity (Wildman–Crippen MR) is 86.4 cm³/mol. The molecular weight excluding hydrogens is 333 g/mol. The molecule has 134 valence electrons. The molecule has 0 amide bonds. The van der Waals surface area contributed by atoms with Gasteiger partial charge in [-0.1, -0.05) is 18.2 Å². The highest BCUT2D eigenvalue weighted by atomic mass is 19.4. The van der Waals surface area contributed by atoms with Gasteiger partial charge in [0.25, 0.3) is 0 Å². The zero-order valence-corrected chi connectivity index (χ0v) is 13.6. The third kappa shape index (κ3) is 3.38. The number of carbonyl (C=O) groups is 1. The summed E-state index contributed by atoms with van der Waals surface area (Å²) in [5.74, 6) is -0.538. The number of alkyl halides is 3. The van der Waals surface area contributed by atoms with Crippen molar-refractivity contribution >= 4 is 16.9 Å². The monoisotopic (exact) mass is 352 g/mol. The lowest BCUT2D eigenvalue weighted by molar-refractivity contribution is -0.139. The fourth-order valence-corrected chi connectivity index (χ4v) is 4.05. The first-order valence-corrected chi connectivity index (χ1v) is 8.51. The molecule has 4 rings (SSSR count). The third-order valence-corrected chi connectivity index (χ3v) is 5.06. The summed E-state index contributed by atoms with van der Waals surface area (Å²) in [5.41, 5.74) is 0.586. The largest absolute Gasteiger partial charge is 0.459 e. The number of para-hydroxylation sites is 1. The second-order valence-corrected chi connectivity index (χ2v) is 6.94. The third-order valence-electron chi connectivity index (χ3n) is 5.06. The molecule has 2 saturated heterocycles. The highest BCUT2D eigenvalue weighted by Crippen LogP contribution is 2.31. The summed E-state index contributed by atoms with van der Waals surface area (Å²) >= 11 is 0. The van der Waals surface area contributed by atoms with E-state index in [9.17, 15) is 18.0 Å². The van der Waals surface area contributed by atoms with Crippen molar-refractivity contribution in [2.75, 3.05) is 0 Å². The number of nitrogens with zero attached hydrogens (tertiary/aromatic N) is 1. The Hall–Kier alpha value is -2.02. The smallest absolute Gasteiger partial charge is 0.406 e. The Morgan fingerprint density at radius 1 is 1.20 bits per heavy atom. The van der Waals surface area contributed by atoms with Gasteiger partial charge in [0.15, 0.2) is 0 Å². The Labute approximate surface area is 142 Å². The fraction of sp³-hybridized carbons (Fsp3) is 0.500. The molecule has 2 aromatic rings. The number of aromatic nitrogens is 1. The van der Waals surface area contributed by atoms with E-state index in [1.54, 1.807) is 24.3 Å². The number of hydrogen-bond donors (Lipinski definition) is 1. The predicted octanol–water partition coefficient (Wildman–Crippen LogP) is 3.64. The molecule has 0 unspecified atom stereocenters. The van der Waals surface area contributed by atoms with Crippen molar-refractivity contribution in [2.24, 2.45) is 0 Å². The van der Waals surface area contributed by atoms with E-state index >= 15 is 0 Å². The van der Waals surface area contributed by atoms with Gasteiger partial charge in [-0.3, -0.25) is 0 Å². The average Bonchev–Trinajstić information content (AvgIpc) is 3.07. The molecule has 3 atom stereocenters. The average molecular weight is 352 g/mol. The second kappa shape index (κ2) is 6.05. The van der Waals surface area contributed by atoms with Crippen LogP contribution >= 0.6 is 0 Å². The van der Waals surface area contributed by atoms with Crippen molar-refractivity contribution in [3.63, 3.8) is 0 Å². The normalized spacial score (nSPS) is 26.1. The molecule has 0 spiro atoms. The first kappa shape index (κ1) is 16.4. The molecule has 3 heterocycles. The van der Waals surface area contributed by atoms with Gasteiger partial charge in [-0.15, -0.1) is 0 Å².